The number of phenols is 1. The molecule has 1 fully saturated rings. The highest BCUT2D eigenvalue weighted by Crippen LogP contribution is 2.25. The average molecular weight is 1200 g/mol. The molecular formula is C59H77N11O12S2. The van der Waals surface area contributed by atoms with Gasteiger partial charge in [0.1, 0.15) is 53.6 Å². The van der Waals surface area contributed by atoms with Crippen molar-refractivity contribution in [1.29, 1.82) is 0 Å². The van der Waals surface area contributed by atoms with Gasteiger partial charge in [-0.1, -0.05) is 108 Å². The summed E-state index contributed by atoms with van der Waals surface area (Å²) < 4.78 is 5.35. The second-order valence-corrected chi connectivity index (χ2v) is 24.6. The number of fused-ring (bicyclic) bond motifs is 2. The summed E-state index contributed by atoms with van der Waals surface area (Å²) >= 11 is 0. The van der Waals surface area contributed by atoms with Crippen LogP contribution in [0.25, 0.3) is 21.7 Å². The Bertz CT molecular complexity index is 3130. The van der Waals surface area contributed by atoms with Gasteiger partial charge in [0.2, 0.25) is 47.3 Å². The van der Waals surface area contributed by atoms with Crippen molar-refractivity contribution < 1.29 is 58.1 Å². The van der Waals surface area contributed by atoms with Crippen molar-refractivity contribution in [3.63, 3.8) is 0 Å². The van der Waals surface area contributed by atoms with E-state index in [2.05, 4.69) is 47.5 Å². The molecule has 1 saturated heterocycles. The number of nitrogens with two attached hydrogens (primary N) is 2. The van der Waals surface area contributed by atoms with Gasteiger partial charge in [0.25, 0.3) is 0 Å². The van der Waals surface area contributed by atoms with E-state index < -0.39 is 119 Å². The molecule has 9 amide bonds. The summed E-state index contributed by atoms with van der Waals surface area (Å²) in [5.74, 6) is -8.05. The van der Waals surface area contributed by atoms with E-state index in [0.717, 1.165) is 48.8 Å². The number of nitrogens with one attached hydrogen (secondary N) is 9. The number of aromatic nitrogens is 1. The standard InChI is InChI=1S/C59H77N11O12S2/c1-32(2)48-57(80)68-47(56(79)70-49(33(3)71)50(61)73)31-84-83-30-46(67-51(74)41(60)26-35-18-21-36-13-7-8-14-37(36)25-35)55(78)65-44(27-34-19-22-39(72)23-20-34)53(76)66-45(28-38-29-63-42-16-10-9-15-40(38)42)54(77)64-43(52(75)69-48)17-11-12-24-62-58(81)82-59(4,5)6/h7-10,13-16,18-23,25,29,32-33,41,43-49,63,71-72H,11-12,17,24,26-28,30-31,60H2,1-6H3,(H2,61,73)(H,62,81)(H,64,77)(H,65,78)(H,66,76)(H,67,74)(H,68,80)(H,69,75)(H,70,79)/t33-,41-,43+,44+,45-,46+,47-,48+,49+/m1/s1. The van der Waals surface area contributed by atoms with Crippen LogP contribution in [-0.2, 0) is 62.4 Å². The van der Waals surface area contributed by atoms with Crippen molar-refractivity contribution in [2.45, 2.75) is 140 Å². The lowest BCUT2D eigenvalue weighted by molar-refractivity contribution is -0.136. The van der Waals surface area contributed by atoms with Crippen molar-refractivity contribution in [3.8, 4) is 5.75 Å². The predicted molar refractivity (Wildman–Crippen MR) is 322 cm³/mol. The summed E-state index contributed by atoms with van der Waals surface area (Å²) in [6.45, 7) is 9.81. The number of aliphatic hydroxyl groups is 1. The maximum absolute atomic E-state index is 15.0. The molecule has 1 aromatic heterocycles. The molecule has 4 aromatic carbocycles. The van der Waals surface area contributed by atoms with Crippen LogP contribution in [0, 0.1) is 5.92 Å². The summed E-state index contributed by atoms with van der Waals surface area (Å²) in [5.41, 5.74) is 13.9. The number of aliphatic hydroxyl groups excluding tert-OH is 1. The molecule has 452 valence electrons. The lowest BCUT2D eigenvalue weighted by Gasteiger charge is -2.29. The highest BCUT2D eigenvalue weighted by molar-refractivity contribution is 8.76. The molecule has 0 saturated carbocycles. The number of carbonyl (C=O) groups excluding carboxylic acids is 9. The SMILES string of the molecule is CC(C)[C@@H]1NC(=O)[C@H](CCCCNC(=O)OC(C)(C)C)NC(=O)[C@@H](Cc2c[nH]c3ccccc23)NC(=O)[C@H](Cc2ccc(O)cc2)NC(=O)[C@@H](NC(=O)[C@H](N)Cc2ccc3ccccc3c2)CSSC[C@H](C(=O)N[C@H](C(N)=O)[C@@H](C)O)NC1=O. The maximum Gasteiger partial charge on any atom is 0.407 e. The number of aromatic hydroxyl groups is 1. The van der Waals surface area contributed by atoms with Crippen molar-refractivity contribution >= 4 is 96.6 Å². The van der Waals surface area contributed by atoms with Gasteiger partial charge in [0.15, 0.2) is 0 Å². The molecule has 15 N–H and O–H groups in total. The van der Waals surface area contributed by atoms with E-state index in [1.165, 1.54) is 19.1 Å². The Hall–Kier alpha value is -7.87. The zero-order valence-corrected chi connectivity index (χ0v) is 49.5. The summed E-state index contributed by atoms with van der Waals surface area (Å²) in [7, 11) is 2.00. The topological polar surface area (TPSA) is 367 Å². The van der Waals surface area contributed by atoms with Crippen molar-refractivity contribution in [2.75, 3.05) is 18.1 Å². The van der Waals surface area contributed by atoms with E-state index in [0.29, 0.717) is 17.5 Å². The number of H-pyrrole nitrogens is 1. The smallest absolute Gasteiger partial charge is 0.407 e. The first kappa shape index (κ1) is 65.3. The van der Waals surface area contributed by atoms with Gasteiger partial charge in [-0.2, -0.15) is 0 Å². The van der Waals surface area contributed by atoms with Crippen LogP contribution in [0.1, 0.15) is 77.5 Å². The van der Waals surface area contributed by atoms with Crippen molar-refractivity contribution in [3.05, 3.63) is 114 Å². The van der Waals surface area contributed by atoms with Crippen LogP contribution in [0.5, 0.6) is 5.75 Å². The second-order valence-electron chi connectivity index (χ2n) is 22.1. The molecule has 0 bridgehead atoms. The molecule has 1 aliphatic heterocycles. The monoisotopic (exact) mass is 1200 g/mol. The number of rotatable bonds is 18. The van der Waals surface area contributed by atoms with Gasteiger partial charge < -0.3 is 73.9 Å². The molecular weight excluding hydrogens is 1120 g/mol. The first-order valence-electron chi connectivity index (χ1n) is 27.7. The van der Waals surface area contributed by atoms with Gasteiger partial charge >= 0.3 is 6.09 Å². The molecule has 6 rings (SSSR count). The number of benzene rings is 4. The highest BCUT2D eigenvalue weighted by atomic mass is 33.1. The zero-order chi connectivity index (χ0) is 61.3. The molecule has 84 heavy (non-hydrogen) atoms. The predicted octanol–water partition coefficient (Wildman–Crippen LogP) is 2.39. The minimum Gasteiger partial charge on any atom is -0.508 e. The Balaban J connectivity index is 1.39. The van der Waals surface area contributed by atoms with Crippen LogP contribution < -0.4 is 54.0 Å². The lowest BCUT2D eigenvalue weighted by atomic mass is 10.00. The molecule has 2 heterocycles. The fourth-order valence-electron chi connectivity index (χ4n) is 9.19. The van der Waals surface area contributed by atoms with E-state index in [4.69, 9.17) is 16.2 Å². The Kier molecular flexibility index (Phi) is 23.8. The van der Waals surface area contributed by atoms with E-state index in [9.17, 15) is 43.8 Å². The zero-order valence-electron chi connectivity index (χ0n) is 47.8. The first-order chi connectivity index (χ1) is 39.8. The minimum absolute atomic E-state index is 0.0426. The van der Waals surface area contributed by atoms with Gasteiger partial charge in [-0.05, 0) is 105 Å². The van der Waals surface area contributed by atoms with Crippen molar-refractivity contribution in [2.24, 2.45) is 17.4 Å². The normalized spacial score (nSPS) is 20.9. The lowest BCUT2D eigenvalue weighted by Crippen LogP contribution is -2.62. The third-order valence-electron chi connectivity index (χ3n) is 13.7. The summed E-state index contributed by atoms with van der Waals surface area (Å²) in [5, 5.41) is 44.9. The van der Waals surface area contributed by atoms with Crippen LogP contribution in [0.15, 0.2) is 97.2 Å². The first-order valence-corrected chi connectivity index (χ1v) is 30.2. The summed E-state index contributed by atoms with van der Waals surface area (Å²) in [6, 6.07) is 15.3. The number of ether oxygens (including phenoxy) is 1. The minimum atomic E-state index is -1.58. The van der Waals surface area contributed by atoms with E-state index in [1.807, 2.05) is 60.7 Å². The maximum atomic E-state index is 15.0. The molecule has 1 aliphatic rings. The van der Waals surface area contributed by atoms with Crippen LogP contribution >= 0.6 is 21.6 Å². The number of phenolic OH excluding ortho intramolecular Hbond substituents is 1. The van der Waals surface area contributed by atoms with Crippen molar-refractivity contribution in [1.82, 2.24) is 47.5 Å². The third kappa shape index (κ3) is 19.6. The molecule has 0 radical (unpaired) electrons. The Morgan fingerprint density at radius 2 is 1.35 bits per heavy atom. The summed E-state index contributed by atoms with van der Waals surface area (Å²) in [6.07, 6.45) is -0.154. The Morgan fingerprint density at radius 1 is 0.726 bits per heavy atom. The largest absolute Gasteiger partial charge is 0.508 e. The molecule has 0 aliphatic carbocycles. The van der Waals surface area contributed by atoms with Crippen LogP contribution in [0.2, 0.25) is 0 Å². The Morgan fingerprint density at radius 3 is 2.02 bits per heavy atom. The number of primary amides is 1. The third-order valence-corrected chi connectivity index (χ3v) is 16.1. The number of para-hydroxylation sites is 1. The number of carbonyl (C=O) groups is 9. The number of hydrogen-bond acceptors (Lipinski definition) is 15. The average Bonchev–Trinajstić information content (AvgIpc) is 3.84. The van der Waals surface area contributed by atoms with Gasteiger partial charge in [-0.25, -0.2) is 4.79 Å². The van der Waals surface area contributed by atoms with Gasteiger partial charge in [0.05, 0.1) is 12.1 Å². The molecule has 25 heteroatoms. The summed E-state index contributed by atoms with van der Waals surface area (Å²) in [4.78, 5) is 130. The fourth-order valence-corrected chi connectivity index (χ4v) is 11.5. The van der Waals surface area contributed by atoms with E-state index in [-0.39, 0.29) is 55.9 Å². The van der Waals surface area contributed by atoms with E-state index in [1.54, 1.807) is 59.0 Å². The number of hydrogen-bond donors (Lipinski definition) is 13. The molecule has 9 atom stereocenters. The number of amides is 9. The molecule has 23 nitrogen and oxygen atoms in total. The number of alkyl carbamates (subject to hydrolysis) is 1. The molecule has 5 aromatic rings. The number of aromatic amines is 1. The molecule has 0 spiro atoms. The quantitative estimate of drug-likeness (QED) is 0.0443. The highest BCUT2D eigenvalue weighted by Gasteiger charge is 2.37. The van der Waals surface area contributed by atoms with Gasteiger partial charge in [-0.15, -0.1) is 0 Å². The molecule has 0 unspecified atom stereocenters. The second kappa shape index (κ2) is 30.6. The fraction of sp³-hybridized carbons (Fsp3) is 0.441. The van der Waals surface area contributed by atoms with Crippen LogP contribution in [-0.4, -0.2) is 147 Å². The van der Waals surface area contributed by atoms with Crippen LogP contribution in [0.4, 0.5) is 4.79 Å². The number of unbranched alkanes of at least 4 members (excludes halogenated alkanes) is 1. The van der Waals surface area contributed by atoms with Gasteiger partial charge in [-0.3, -0.25) is 38.4 Å². The van der Waals surface area contributed by atoms with Gasteiger partial charge in [0, 0.05) is 48.0 Å². The van der Waals surface area contributed by atoms with E-state index >= 15 is 9.59 Å². The Labute approximate surface area is 495 Å². The van der Waals surface area contributed by atoms with Crippen LogP contribution in [0.3, 0.4) is 0 Å².